The largest absolute Gasteiger partial charge is 0.488 e. The first kappa shape index (κ1) is 19.6. The van der Waals surface area contributed by atoms with Gasteiger partial charge < -0.3 is 19.5 Å². The van der Waals surface area contributed by atoms with Crippen molar-refractivity contribution < 1.29 is 19.0 Å². The van der Waals surface area contributed by atoms with Gasteiger partial charge in [0.2, 0.25) is 0 Å². The molecular weight excluding hydrogens is 388 g/mol. The standard InChI is InChI=1S/C20H20N6O4/c1-2-29-17-4-3-6-22-20(17)30-15-8-13(9-21-10-15)18-23-11-16(25-26-18)19(27)24-14-5-7-28-12-14/h3-4,6,8-11,14H,2,5,7,12H2,1H3,(H,24,27). The number of nitrogens with zero attached hydrogens (tertiary/aromatic N) is 5. The molecule has 1 atom stereocenters. The van der Waals surface area contributed by atoms with Crippen LogP contribution in [-0.2, 0) is 4.74 Å². The van der Waals surface area contributed by atoms with Crippen molar-refractivity contribution in [1.29, 1.82) is 0 Å². The molecule has 1 saturated heterocycles. The third-order valence-corrected chi connectivity index (χ3v) is 4.28. The van der Waals surface area contributed by atoms with Crippen LogP contribution in [-0.4, -0.2) is 56.9 Å². The third-order valence-electron chi connectivity index (χ3n) is 4.28. The average Bonchev–Trinajstić information content (AvgIpc) is 3.29. The molecular formula is C20H20N6O4. The van der Waals surface area contributed by atoms with Gasteiger partial charge in [0.05, 0.1) is 31.6 Å². The Morgan fingerprint density at radius 1 is 1.27 bits per heavy atom. The van der Waals surface area contributed by atoms with Gasteiger partial charge in [-0.05, 0) is 31.5 Å². The molecule has 10 heteroatoms. The van der Waals surface area contributed by atoms with Crippen molar-refractivity contribution in [2.75, 3.05) is 19.8 Å². The van der Waals surface area contributed by atoms with E-state index in [2.05, 4.69) is 30.5 Å². The maximum Gasteiger partial charge on any atom is 0.273 e. The van der Waals surface area contributed by atoms with E-state index in [1.165, 1.54) is 6.20 Å². The Kier molecular flexibility index (Phi) is 6.04. The fraction of sp³-hybridized carbons (Fsp3) is 0.300. The number of carbonyl (C=O) groups excluding carboxylic acids is 1. The molecule has 1 unspecified atom stereocenters. The summed E-state index contributed by atoms with van der Waals surface area (Å²) >= 11 is 0. The van der Waals surface area contributed by atoms with E-state index >= 15 is 0 Å². The molecule has 4 heterocycles. The first-order valence-corrected chi connectivity index (χ1v) is 9.52. The van der Waals surface area contributed by atoms with Gasteiger partial charge in [0.25, 0.3) is 11.8 Å². The van der Waals surface area contributed by atoms with Gasteiger partial charge in [0.15, 0.2) is 17.3 Å². The summed E-state index contributed by atoms with van der Waals surface area (Å²) in [6.07, 6.45) is 6.91. The fourth-order valence-electron chi connectivity index (χ4n) is 2.85. The summed E-state index contributed by atoms with van der Waals surface area (Å²) in [4.78, 5) is 24.8. The highest BCUT2D eigenvalue weighted by Crippen LogP contribution is 2.29. The highest BCUT2D eigenvalue weighted by atomic mass is 16.5. The van der Waals surface area contributed by atoms with Crippen LogP contribution >= 0.6 is 0 Å². The lowest BCUT2D eigenvalue weighted by atomic mass is 10.2. The molecule has 0 saturated carbocycles. The topological polar surface area (TPSA) is 121 Å². The van der Waals surface area contributed by atoms with Crippen molar-refractivity contribution >= 4 is 5.91 Å². The monoisotopic (exact) mass is 408 g/mol. The van der Waals surface area contributed by atoms with Gasteiger partial charge in [-0.25, -0.2) is 9.97 Å². The zero-order chi connectivity index (χ0) is 20.8. The summed E-state index contributed by atoms with van der Waals surface area (Å²) < 4.78 is 16.6. The number of ether oxygens (including phenoxy) is 3. The molecule has 0 aliphatic carbocycles. The first-order valence-electron chi connectivity index (χ1n) is 9.52. The van der Waals surface area contributed by atoms with E-state index in [0.29, 0.717) is 48.6 Å². The van der Waals surface area contributed by atoms with Crippen LogP contribution in [0.25, 0.3) is 11.4 Å². The maximum atomic E-state index is 12.2. The van der Waals surface area contributed by atoms with Gasteiger partial charge >= 0.3 is 0 Å². The van der Waals surface area contributed by atoms with E-state index in [1.807, 2.05) is 6.92 Å². The molecule has 154 valence electrons. The number of nitrogens with one attached hydrogen (secondary N) is 1. The summed E-state index contributed by atoms with van der Waals surface area (Å²) in [6.45, 7) is 3.52. The zero-order valence-electron chi connectivity index (χ0n) is 16.3. The van der Waals surface area contributed by atoms with E-state index in [9.17, 15) is 4.79 Å². The number of pyridine rings is 2. The van der Waals surface area contributed by atoms with Crippen LogP contribution in [0.4, 0.5) is 0 Å². The fourth-order valence-corrected chi connectivity index (χ4v) is 2.85. The molecule has 1 amide bonds. The predicted octanol–water partition coefficient (Wildman–Crippen LogP) is 2.04. The Labute approximate surface area is 172 Å². The summed E-state index contributed by atoms with van der Waals surface area (Å²) in [7, 11) is 0. The van der Waals surface area contributed by atoms with E-state index < -0.39 is 0 Å². The molecule has 0 spiro atoms. The first-order chi connectivity index (χ1) is 14.7. The second-order valence-electron chi connectivity index (χ2n) is 6.45. The average molecular weight is 408 g/mol. The number of hydrogen-bond donors (Lipinski definition) is 1. The van der Waals surface area contributed by atoms with Gasteiger partial charge in [0, 0.05) is 24.6 Å². The van der Waals surface area contributed by atoms with Gasteiger partial charge in [-0.15, -0.1) is 10.2 Å². The number of aromatic nitrogens is 5. The number of amides is 1. The Morgan fingerprint density at radius 3 is 2.97 bits per heavy atom. The summed E-state index contributed by atoms with van der Waals surface area (Å²) in [5, 5.41) is 10.9. The van der Waals surface area contributed by atoms with Crippen LogP contribution in [0, 0.1) is 0 Å². The molecule has 3 aromatic heterocycles. The van der Waals surface area contributed by atoms with Gasteiger partial charge in [-0.1, -0.05) is 0 Å². The molecule has 1 aliphatic heterocycles. The van der Waals surface area contributed by atoms with E-state index in [1.54, 1.807) is 36.8 Å². The zero-order valence-corrected chi connectivity index (χ0v) is 16.3. The lowest BCUT2D eigenvalue weighted by Gasteiger charge is -2.10. The summed E-state index contributed by atoms with van der Waals surface area (Å²) in [6, 6.07) is 5.25. The van der Waals surface area contributed by atoms with Crippen molar-refractivity contribution in [3.05, 3.63) is 48.7 Å². The highest BCUT2D eigenvalue weighted by molar-refractivity contribution is 5.92. The minimum atomic E-state index is -0.328. The quantitative estimate of drug-likeness (QED) is 0.626. The van der Waals surface area contributed by atoms with Gasteiger partial charge in [-0.3, -0.25) is 9.78 Å². The number of carbonyl (C=O) groups is 1. The molecule has 10 nitrogen and oxygen atoms in total. The maximum absolute atomic E-state index is 12.2. The normalized spacial score (nSPS) is 15.6. The Morgan fingerprint density at radius 2 is 2.20 bits per heavy atom. The second-order valence-corrected chi connectivity index (χ2v) is 6.45. The van der Waals surface area contributed by atoms with Crippen molar-refractivity contribution in [3.63, 3.8) is 0 Å². The van der Waals surface area contributed by atoms with Gasteiger partial charge in [0.1, 0.15) is 5.75 Å². The number of rotatable bonds is 7. The SMILES string of the molecule is CCOc1cccnc1Oc1cncc(-c2ncc(C(=O)NC3CCOC3)nn2)c1. The van der Waals surface area contributed by atoms with Crippen LogP contribution in [0.5, 0.6) is 17.4 Å². The summed E-state index contributed by atoms with van der Waals surface area (Å²) in [5.74, 6) is 1.30. The molecule has 0 radical (unpaired) electrons. The number of hydrogen-bond acceptors (Lipinski definition) is 9. The minimum absolute atomic E-state index is 0.00909. The molecule has 1 aliphatic rings. The molecule has 1 N–H and O–H groups in total. The van der Waals surface area contributed by atoms with Crippen LogP contribution in [0.15, 0.2) is 43.0 Å². The van der Waals surface area contributed by atoms with E-state index in [-0.39, 0.29) is 17.6 Å². The van der Waals surface area contributed by atoms with Crippen LogP contribution in [0.3, 0.4) is 0 Å². The molecule has 0 bridgehead atoms. The second kappa shape index (κ2) is 9.23. The molecule has 4 rings (SSSR count). The lowest BCUT2D eigenvalue weighted by molar-refractivity contribution is 0.0923. The smallest absolute Gasteiger partial charge is 0.273 e. The lowest BCUT2D eigenvalue weighted by Crippen LogP contribution is -2.35. The van der Waals surface area contributed by atoms with E-state index in [0.717, 1.165) is 6.42 Å². The highest BCUT2D eigenvalue weighted by Gasteiger charge is 2.20. The van der Waals surface area contributed by atoms with Crippen molar-refractivity contribution in [2.45, 2.75) is 19.4 Å². The van der Waals surface area contributed by atoms with Gasteiger partial charge in [-0.2, -0.15) is 0 Å². The Balaban J connectivity index is 1.48. The van der Waals surface area contributed by atoms with Crippen molar-refractivity contribution in [2.24, 2.45) is 0 Å². The molecule has 30 heavy (non-hydrogen) atoms. The van der Waals surface area contributed by atoms with Crippen LogP contribution in [0.1, 0.15) is 23.8 Å². The van der Waals surface area contributed by atoms with Crippen molar-refractivity contribution in [1.82, 2.24) is 30.5 Å². The van der Waals surface area contributed by atoms with Crippen LogP contribution < -0.4 is 14.8 Å². The van der Waals surface area contributed by atoms with Crippen LogP contribution in [0.2, 0.25) is 0 Å². The molecule has 0 aromatic carbocycles. The Hall–Kier alpha value is -3.66. The molecule has 3 aromatic rings. The Bertz CT molecular complexity index is 1010. The predicted molar refractivity (Wildman–Crippen MR) is 105 cm³/mol. The molecule has 1 fully saturated rings. The van der Waals surface area contributed by atoms with Crippen molar-refractivity contribution in [3.8, 4) is 28.8 Å². The minimum Gasteiger partial charge on any atom is -0.488 e. The van der Waals surface area contributed by atoms with E-state index in [4.69, 9.17) is 14.2 Å². The summed E-state index contributed by atoms with van der Waals surface area (Å²) in [5.41, 5.74) is 0.728. The third kappa shape index (κ3) is 4.66.